The number of carbonyl (C=O) groups excluding carboxylic acids is 1. The fraction of sp³-hybridized carbons (Fsp3) is 0. The van der Waals surface area contributed by atoms with Gasteiger partial charge in [-0.05, 0) is 24.3 Å². The summed E-state index contributed by atoms with van der Waals surface area (Å²) in [6.07, 6.45) is 2.50. The highest BCUT2D eigenvalue weighted by molar-refractivity contribution is 6.00. The minimum Gasteiger partial charge on any atom is -0.464 e. The molecular weight excluding hydrogens is 206 g/mol. The smallest absolute Gasteiger partial charge is 0.247 e. The number of nitrogens with one attached hydrogen (secondary N) is 1. The molecule has 2 aromatic rings. The highest BCUT2D eigenvalue weighted by Gasteiger charge is 2.02. The normalized spacial score (nSPS) is 10.0. The molecule has 0 unspecified atom stereocenters. The lowest BCUT2D eigenvalue weighted by Crippen LogP contribution is -2.08. The summed E-state index contributed by atoms with van der Waals surface area (Å²) in [5, 5.41) is 3.01. The van der Waals surface area contributed by atoms with Crippen LogP contribution in [0.1, 0.15) is 0 Å². The fourth-order valence-electron chi connectivity index (χ4n) is 1.36. The largest absolute Gasteiger partial charge is 0.464 e. The molecule has 0 radical (unpaired) electrons. The Morgan fingerprint density at radius 3 is 2.94 bits per heavy atom. The van der Waals surface area contributed by atoms with E-state index in [1.54, 1.807) is 18.2 Å². The van der Waals surface area contributed by atoms with Crippen LogP contribution in [-0.4, -0.2) is 5.91 Å². The number of hydrogen-bond donors (Lipinski definition) is 1. The molecule has 1 aromatic heterocycles. The molecule has 0 saturated heterocycles. The van der Waals surface area contributed by atoms with E-state index < -0.39 is 0 Å². The van der Waals surface area contributed by atoms with E-state index in [2.05, 4.69) is 11.9 Å². The van der Waals surface area contributed by atoms with Gasteiger partial charge in [0.2, 0.25) is 5.91 Å². The minimum atomic E-state index is -0.320. The summed E-state index contributed by atoms with van der Waals surface area (Å²) in [5.41, 5.74) is 0.885. The van der Waals surface area contributed by atoms with Crippen LogP contribution in [0.25, 0.3) is 11.0 Å². The zero-order valence-electron chi connectivity index (χ0n) is 8.40. The molecule has 0 aliphatic carbocycles. The van der Waals surface area contributed by atoms with Crippen LogP contribution in [0, 0.1) is 0 Å². The number of rotatable bonds is 2. The number of carbonyl (C=O) groups is 1. The van der Waals surface area contributed by atoms with Crippen LogP contribution in [0.3, 0.4) is 0 Å². The van der Waals surface area contributed by atoms with E-state index in [4.69, 9.17) is 4.42 Å². The Morgan fingerprint density at radius 1 is 1.38 bits per heavy atom. The van der Waals surface area contributed by atoms with Gasteiger partial charge in [-0.1, -0.05) is 6.58 Å². The Kier molecular flexibility index (Phi) is 2.55. The zero-order valence-corrected chi connectivity index (χ0v) is 8.40. The average Bonchev–Trinajstić information content (AvgIpc) is 2.30. The maximum Gasteiger partial charge on any atom is 0.247 e. The van der Waals surface area contributed by atoms with E-state index >= 15 is 0 Å². The summed E-state index contributed by atoms with van der Waals surface area (Å²) in [5.74, 6) is -0.320. The maximum atomic E-state index is 11.5. The summed E-state index contributed by atoms with van der Waals surface area (Å²) in [4.78, 5) is 22.6. The van der Waals surface area contributed by atoms with Crippen molar-refractivity contribution in [2.45, 2.75) is 0 Å². The van der Waals surface area contributed by atoms with Crippen LogP contribution in [0.5, 0.6) is 0 Å². The fourth-order valence-corrected chi connectivity index (χ4v) is 1.36. The maximum absolute atomic E-state index is 11.5. The lowest BCUT2D eigenvalue weighted by Gasteiger charge is -2.02. The number of benzene rings is 1. The van der Waals surface area contributed by atoms with Gasteiger partial charge in [0, 0.05) is 11.8 Å². The first kappa shape index (κ1) is 10.2. The molecule has 4 nitrogen and oxygen atoms in total. The molecule has 80 valence electrons. The van der Waals surface area contributed by atoms with E-state index in [0.717, 1.165) is 6.08 Å². The molecule has 2 rings (SSSR count). The van der Waals surface area contributed by atoms with Crippen molar-refractivity contribution < 1.29 is 9.21 Å². The van der Waals surface area contributed by atoms with Gasteiger partial charge >= 0.3 is 0 Å². The molecule has 0 spiro atoms. The van der Waals surface area contributed by atoms with Gasteiger partial charge in [-0.15, -0.1) is 0 Å². The Bertz CT molecular complexity index is 613. The quantitative estimate of drug-likeness (QED) is 0.778. The molecule has 0 bridgehead atoms. The molecule has 0 fully saturated rings. The van der Waals surface area contributed by atoms with Gasteiger partial charge in [0.15, 0.2) is 5.43 Å². The van der Waals surface area contributed by atoms with Gasteiger partial charge in [0.05, 0.1) is 11.6 Å². The molecule has 4 heteroatoms. The van der Waals surface area contributed by atoms with Crippen molar-refractivity contribution in [1.82, 2.24) is 0 Å². The van der Waals surface area contributed by atoms with Gasteiger partial charge in [0.25, 0.3) is 0 Å². The second-order valence-corrected chi connectivity index (χ2v) is 3.19. The van der Waals surface area contributed by atoms with Crippen LogP contribution in [-0.2, 0) is 4.79 Å². The van der Waals surface area contributed by atoms with Gasteiger partial charge in [0.1, 0.15) is 5.58 Å². The Hall–Kier alpha value is -2.36. The molecule has 1 amide bonds. The molecule has 0 aliphatic heterocycles. The first-order chi connectivity index (χ1) is 7.70. The third-order valence-corrected chi connectivity index (χ3v) is 2.11. The molecule has 0 atom stereocenters. The van der Waals surface area contributed by atoms with E-state index in [1.165, 1.54) is 12.3 Å². The molecule has 1 aromatic carbocycles. The minimum absolute atomic E-state index is 0.143. The van der Waals surface area contributed by atoms with Crippen molar-refractivity contribution in [3.63, 3.8) is 0 Å². The van der Waals surface area contributed by atoms with E-state index in [0.29, 0.717) is 16.7 Å². The highest BCUT2D eigenvalue weighted by atomic mass is 16.3. The Labute approximate surface area is 91.2 Å². The molecule has 0 aliphatic rings. The third kappa shape index (κ3) is 1.86. The van der Waals surface area contributed by atoms with E-state index in [1.807, 2.05) is 0 Å². The van der Waals surface area contributed by atoms with Crippen LogP contribution < -0.4 is 10.7 Å². The molecule has 16 heavy (non-hydrogen) atoms. The molecule has 0 saturated carbocycles. The summed E-state index contributed by atoms with van der Waals surface area (Å²) in [7, 11) is 0. The SMILES string of the molecule is C=CC(=O)Nc1ccc2occc(=O)c2c1. The molecule has 1 heterocycles. The number of amides is 1. The standard InChI is InChI=1S/C12H9NO3/c1-2-12(15)13-8-3-4-11-9(7-8)10(14)5-6-16-11/h2-7H,1H2,(H,13,15). The monoisotopic (exact) mass is 215 g/mol. The van der Waals surface area contributed by atoms with Gasteiger partial charge < -0.3 is 9.73 Å². The van der Waals surface area contributed by atoms with Crippen molar-refractivity contribution in [2.75, 3.05) is 5.32 Å². The first-order valence-corrected chi connectivity index (χ1v) is 4.66. The second kappa shape index (κ2) is 4.02. The van der Waals surface area contributed by atoms with Crippen LogP contribution in [0.15, 0.2) is 52.4 Å². The second-order valence-electron chi connectivity index (χ2n) is 3.19. The summed E-state index contributed by atoms with van der Waals surface area (Å²) < 4.78 is 5.15. The number of hydrogen-bond acceptors (Lipinski definition) is 3. The van der Waals surface area contributed by atoms with E-state index in [9.17, 15) is 9.59 Å². The van der Waals surface area contributed by atoms with Crippen molar-refractivity contribution in [1.29, 1.82) is 0 Å². The summed E-state index contributed by atoms with van der Waals surface area (Å²) >= 11 is 0. The van der Waals surface area contributed by atoms with Crippen molar-refractivity contribution in [3.8, 4) is 0 Å². The average molecular weight is 215 g/mol. The van der Waals surface area contributed by atoms with Crippen molar-refractivity contribution >= 4 is 22.6 Å². The Balaban J connectivity index is 2.51. The summed E-state index contributed by atoms with van der Waals surface area (Å²) in [6, 6.07) is 6.20. The lowest BCUT2D eigenvalue weighted by atomic mass is 10.2. The summed E-state index contributed by atoms with van der Waals surface area (Å²) in [6.45, 7) is 3.34. The van der Waals surface area contributed by atoms with Crippen LogP contribution in [0.4, 0.5) is 5.69 Å². The third-order valence-electron chi connectivity index (χ3n) is 2.11. The van der Waals surface area contributed by atoms with Gasteiger partial charge in [-0.2, -0.15) is 0 Å². The topological polar surface area (TPSA) is 59.3 Å². The predicted octanol–water partition coefficient (Wildman–Crippen LogP) is 1.92. The van der Waals surface area contributed by atoms with Crippen molar-refractivity contribution in [2.24, 2.45) is 0 Å². The molecular formula is C12H9NO3. The number of anilines is 1. The lowest BCUT2D eigenvalue weighted by molar-refractivity contribution is -0.111. The predicted molar refractivity (Wildman–Crippen MR) is 61.3 cm³/mol. The van der Waals surface area contributed by atoms with Crippen LogP contribution >= 0.6 is 0 Å². The van der Waals surface area contributed by atoms with Gasteiger partial charge in [-0.25, -0.2) is 0 Å². The number of fused-ring (bicyclic) bond motifs is 1. The van der Waals surface area contributed by atoms with Crippen LogP contribution in [0.2, 0.25) is 0 Å². The zero-order chi connectivity index (χ0) is 11.5. The highest BCUT2D eigenvalue weighted by Crippen LogP contribution is 2.15. The van der Waals surface area contributed by atoms with E-state index in [-0.39, 0.29) is 11.3 Å². The van der Waals surface area contributed by atoms with Crippen molar-refractivity contribution in [3.05, 3.63) is 53.4 Å². The first-order valence-electron chi connectivity index (χ1n) is 4.66. The molecule has 1 N–H and O–H groups in total. The Morgan fingerprint density at radius 2 is 2.19 bits per heavy atom. The van der Waals surface area contributed by atoms with Gasteiger partial charge in [-0.3, -0.25) is 9.59 Å².